The van der Waals surface area contributed by atoms with Gasteiger partial charge in [-0.3, -0.25) is 14.9 Å². The average molecular weight is 398 g/mol. The molecule has 2 atom stereocenters. The van der Waals surface area contributed by atoms with E-state index in [0.29, 0.717) is 0 Å². The molecule has 152 valence electrons. The number of esters is 1. The summed E-state index contributed by atoms with van der Waals surface area (Å²) >= 11 is 0. The van der Waals surface area contributed by atoms with Gasteiger partial charge in [0.05, 0.1) is 23.6 Å². The Morgan fingerprint density at radius 3 is 2.72 bits per heavy atom. The van der Waals surface area contributed by atoms with Gasteiger partial charge < -0.3 is 14.8 Å². The molecule has 0 unspecified atom stereocenters. The number of nitro groups is 1. The summed E-state index contributed by atoms with van der Waals surface area (Å²) in [6.07, 6.45) is 1.71. The van der Waals surface area contributed by atoms with E-state index in [4.69, 9.17) is 9.47 Å². The fraction of sp³-hybridized carbons (Fsp3) is 0.333. The molecule has 3 rings (SSSR count). The van der Waals surface area contributed by atoms with Crippen molar-refractivity contribution in [2.75, 3.05) is 7.11 Å². The summed E-state index contributed by atoms with van der Waals surface area (Å²) in [5.74, 6) is -1.20. The Hall–Kier alpha value is -3.42. The number of nitrogens with one attached hydrogen (secondary N) is 1. The van der Waals surface area contributed by atoms with Crippen LogP contribution in [0, 0.1) is 10.1 Å². The maximum Gasteiger partial charge on any atom is 0.339 e. The first-order valence-corrected chi connectivity index (χ1v) is 9.32. The molecular weight excluding hydrogens is 376 g/mol. The van der Waals surface area contributed by atoms with Crippen LogP contribution in [0.3, 0.4) is 0 Å². The van der Waals surface area contributed by atoms with Gasteiger partial charge in [0.15, 0.2) is 11.9 Å². The van der Waals surface area contributed by atoms with Crippen LogP contribution in [-0.2, 0) is 16.0 Å². The SMILES string of the molecule is COc1ccc(C(=O)O[C@H](C)C(=O)N[C@H]2CCCc3ccccc32)cc1[N+](=O)[O-]. The maximum atomic E-state index is 12.5. The van der Waals surface area contributed by atoms with Crippen molar-refractivity contribution in [3.05, 3.63) is 69.3 Å². The van der Waals surface area contributed by atoms with Gasteiger partial charge in [-0.2, -0.15) is 0 Å². The number of carbonyl (C=O) groups excluding carboxylic acids is 2. The van der Waals surface area contributed by atoms with Crippen LogP contribution in [0.15, 0.2) is 42.5 Å². The summed E-state index contributed by atoms with van der Waals surface area (Å²) in [4.78, 5) is 35.4. The third-order valence-corrected chi connectivity index (χ3v) is 4.95. The lowest BCUT2D eigenvalue weighted by molar-refractivity contribution is -0.385. The normalized spacial score (nSPS) is 16.3. The van der Waals surface area contributed by atoms with E-state index in [9.17, 15) is 19.7 Å². The lowest BCUT2D eigenvalue weighted by Gasteiger charge is -2.27. The third-order valence-electron chi connectivity index (χ3n) is 4.95. The number of aryl methyl sites for hydroxylation is 1. The summed E-state index contributed by atoms with van der Waals surface area (Å²) in [6, 6.07) is 11.6. The fourth-order valence-corrected chi connectivity index (χ4v) is 3.43. The Kier molecular flexibility index (Phi) is 6.11. The molecule has 0 bridgehead atoms. The Bertz CT molecular complexity index is 943. The monoisotopic (exact) mass is 398 g/mol. The van der Waals surface area contributed by atoms with Crippen LogP contribution in [0.1, 0.15) is 47.3 Å². The Labute approximate surface area is 168 Å². The molecule has 29 heavy (non-hydrogen) atoms. The first kappa shape index (κ1) is 20.3. The largest absolute Gasteiger partial charge is 0.490 e. The first-order valence-electron chi connectivity index (χ1n) is 9.32. The minimum absolute atomic E-state index is 0.0276. The molecule has 0 saturated heterocycles. The van der Waals surface area contributed by atoms with Gasteiger partial charge in [-0.25, -0.2) is 4.79 Å². The van der Waals surface area contributed by atoms with Crippen molar-refractivity contribution in [2.24, 2.45) is 0 Å². The van der Waals surface area contributed by atoms with E-state index in [-0.39, 0.29) is 23.0 Å². The number of benzene rings is 2. The molecule has 8 heteroatoms. The number of ether oxygens (including phenoxy) is 2. The number of rotatable bonds is 6. The lowest BCUT2D eigenvalue weighted by atomic mass is 9.87. The molecule has 1 N–H and O–H groups in total. The lowest BCUT2D eigenvalue weighted by Crippen LogP contribution is -2.39. The molecule has 1 aliphatic carbocycles. The van der Waals surface area contributed by atoms with Crippen molar-refractivity contribution in [3.63, 3.8) is 0 Å². The van der Waals surface area contributed by atoms with Crippen molar-refractivity contribution in [1.82, 2.24) is 5.32 Å². The number of hydrogen-bond acceptors (Lipinski definition) is 6. The number of nitro benzene ring substituents is 1. The topological polar surface area (TPSA) is 108 Å². The number of methoxy groups -OCH3 is 1. The quantitative estimate of drug-likeness (QED) is 0.454. The molecule has 8 nitrogen and oxygen atoms in total. The van der Waals surface area contributed by atoms with E-state index < -0.39 is 22.9 Å². The predicted molar refractivity (Wildman–Crippen MR) is 105 cm³/mol. The van der Waals surface area contributed by atoms with Gasteiger partial charge in [0, 0.05) is 6.07 Å². The third kappa shape index (κ3) is 4.53. The highest BCUT2D eigenvalue weighted by atomic mass is 16.6. The molecule has 0 aliphatic heterocycles. The minimum Gasteiger partial charge on any atom is -0.490 e. The van der Waals surface area contributed by atoms with Crippen LogP contribution in [-0.4, -0.2) is 30.0 Å². The van der Waals surface area contributed by atoms with Gasteiger partial charge in [0.25, 0.3) is 5.91 Å². The van der Waals surface area contributed by atoms with E-state index in [1.807, 2.05) is 24.3 Å². The summed E-state index contributed by atoms with van der Waals surface area (Å²) in [6.45, 7) is 1.47. The van der Waals surface area contributed by atoms with Crippen molar-refractivity contribution in [3.8, 4) is 5.75 Å². The highest BCUT2D eigenvalue weighted by molar-refractivity contribution is 5.93. The molecule has 0 fully saturated rings. The Balaban J connectivity index is 1.67. The van der Waals surface area contributed by atoms with Crippen molar-refractivity contribution < 1.29 is 24.0 Å². The molecule has 0 heterocycles. The van der Waals surface area contributed by atoms with E-state index >= 15 is 0 Å². The smallest absolute Gasteiger partial charge is 0.339 e. The predicted octanol–water partition coefficient (Wildman–Crippen LogP) is 3.34. The van der Waals surface area contributed by atoms with Crippen molar-refractivity contribution >= 4 is 17.6 Å². The second-order valence-corrected chi connectivity index (χ2v) is 6.84. The van der Waals surface area contributed by atoms with Gasteiger partial charge in [-0.1, -0.05) is 24.3 Å². The molecule has 1 aliphatic rings. The molecule has 2 aromatic rings. The number of carbonyl (C=O) groups is 2. The molecule has 0 saturated carbocycles. The van der Waals surface area contributed by atoms with E-state index in [2.05, 4.69) is 5.32 Å². The van der Waals surface area contributed by atoms with Crippen LogP contribution in [0.25, 0.3) is 0 Å². The number of fused-ring (bicyclic) bond motifs is 1. The summed E-state index contributed by atoms with van der Waals surface area (Å²) in [5.41, 5.74) is 1.91. The summed E-state index contributed by atoms with van der Waals surface area (Å²) in [5, 5.41) is 14.1. The van der Waals surface area contributed by atoms with Gasteiger partial charge in [0.1, 0.15) is 0 Å². The first-order chi connectivity index (χ1) is 13.9. The van der Waals surface area contributed by atoms with Crippen LogP contribution in [0.2, 0.25) is 0 Å². The molecule has 0 aromatic heterocycles. The number of hydrogen-bond donors (Lipinski definition) is 1. The second kappa shape index (κ2) is 8.72. The zero-order valence-electron chi connectivity index (χ0n) is 16.2. The molecule has 0 spiro atoms. The van der Waals surface area contributed by atoms with Crippen molar-refractivity contribution in [2.45, 2.75) is 38.3 Å². The molecule has 1 amide bonds. The number of nitrogens with zero attached hydrogens (tertiary/aromatic N) is 1. The standard InChI is InChI=1S/C21H22N2O6/c1-13(20(24)22-17-9-5-7-14-6-3-4-8-16(14)17)29-21(25)15-10-11-19(28-2)18(12-15)23(26)27/h3-4,6,8,10-13,17H,5,7,9H2,1-2H3,(H,22,24)/t13-,17+/m1/s1. The maximum absolute atomic E-state index is 12.5. The zero-order valence-corrected chi connectivity index (χ0v) is 16.2. The van der Waals surface area contributed by atoms with Crippen LogP contribution < -0.4 is 10.1 Å². The van der Waals surface area contributed by atoms with E-state index in [1.54, 1.807) is 0 Å². The summed E-state index contributed by atoms with van der Waals surface area (Å²) < 4.78 is 10.1. The summed E-state index contributed by atoms with van der Waals surface area (Å²) in [7, 11) is 1.30. The average Bonchev–Trinajstić information content (AvgIpc) is 2.73. The fourth-order valence-electron chi connectivity index (χ4n) is 3.43. The van der Waals surface area contributed by atoms with E-state index in [0.717, 1.165) is 30.9 Å². The van der Waals surface area contributed by atoms with Crippen LogP contribution in [0.4, 0.5) is 5.69 Å². The van der Waals surface area contributed by atoms with Gasteiger partial charge in [-0.05, 0) is 49.4 Å². The highest BCUT2D eigenvalue weighted by Gasteiger charge is 2.26. The van der Waals surface area contributed by atoms with Gasteiger partial charge in [-0.15, -0.1) is 0 Å². The Morgan fingerprint density at radius 1 is 1.24 bits per heavy atom. The van der Waals surface area contributed by atoms with Crippen LogP contribution >= 0.6 is 0 Å². The van der Waals surface area contributed by atoms with E-state index in [1.165, 1.54) is 31.7 Å². The van der Waals surface area contributed by atoms with Gasteiger partial charge >= 0.3 is 11.7 Å². The van der Waals surface area contributed by atoms with Gasteiger partial charge in [0.2, 0.25) is 0 Å². The zero-order chi connectivity index (χ0) is 21.0. The molecule has 2 aromatic carbocycles. The molecule has 0 radical (unpaired) electrons. The number of amides is 1. The molecular formula is C21H22N2O6. The van der Waals surface area contributed by atoms with Crippen LogP contribution in [0.5, 0.6) is 5.75 Å². The minimum atomic E-state index is -1.04. The highest BCUT2D eigenvalue weighted by Crippen LogP contribution is 2.30. The second-order valence-electron chi connectivity index (χ2n) is 6.84. The van der Waals surface area contributed by atoms with Crippen molar-refractivity contribution in [1.29, 1.82) is 0 Å². The Morgan fingerprint density at radius 2 is 2.00 bits per heavy atom.